The minimum absolute atomic E-state index is 0.0273. The molecule has 0 aromatic heterocycles. The van der Waals surface area contributed by atoms with Gasteiger partial charge in [-0.05, 0) is 31.4 Å². The molecule has 0 saturated carbocycles. The summed E-state index contributed by atoms with van der Waals surface area (Å²) in [4.78, 5) is 12.2. The van der Waals surface area contributed by atoms with Gasteiger partial charge < -0.3 is 4.74 Å². The number of benzene rings is 1. The summed E-state index contributed by atoms with van der Waals surface area (Å²) < 4.78 is 5.38. The molecule has 1 aromatic rings. The number of carbonyl (C=O) groups is 1. The number of carbonyl (C=O) groups excluding carboxylic acids is 1. The lowest BCUT2D eigenvalue weighted by Gasteiger charge is -2.34. The van der Waals surface area contributed by atoms with Gasteiger partial charge in [-0.3, -0.25) is 10.2 Å². The topological polar surface area (TPSA) is 41.6 Å². The summed E-state index contributed by atoms with van der Waals surface area (Å²) in [5.41, 5.74) is 3.75. The van der Waals surface area contributed by atoms with E-state index in [-0.39, 0.29) is 5.91 Å². The zero-order chi connectivity index (χ0) is 13.5. The molecule has 1 amide bonds. The van der Waals surface area contributed by atoms with Crippen molar-refractivity contribution in [2.45, 2.75) is 32.2 Å². The number of hydrogen-bond donors (Lipinski definition) is 1. The van der Waals surface area contributed by atoms with E-state index < -0.39 is 0 Å². The monoisotopic (exact) mass is 262 g/mol. The van der Waals surface area contributed by atoms with Crippen LogP contribution in [0.5, 0.6) is 0 Å². The largest absolute Gasteiger partial charge is 0.381 e. The quantitative estimate of drug-likeness (QED) is 0.827. The predicted molar refractivity (Wildman–Crippen MR) is 74.7 cm³/mol. The van der Waals surface area contributed by atoms with E-state index in [2.05, 4.69) is 17.4 Å². The maximum atomic E-state index is 12.2. The molecule has 1 N–H and O–H groups in total. The van der Waals surface area contributed by atoms with Gasteiger partial charge in [0.15, 0.2) is 0 Å². The molecule has 0 aliphatic carbocycles. The fourth-order valence-electron chi connectivity index (χ4n) is 2.35. The molecule has 0 spiro atoms. The number of ether oxygens (including phenoxy) is 1. The standard InChI is InChI=1S/C15H22N2O2/c1-2-10-17(14-8-11-19-12-9-14)16-15(18)13-6-4-3-5-7-13/h3-7,14H,2,8-12H2,1H3,(H,16,18). The molecule has 1 heterocycles. The molecule has 4 heteroatoms. The lowest BCUT2D eigenvalue weighted by atomic mass is 10.1. The molecule has 1 saturated heterocycles. The second kappa shape index (κ2) is 7.26. The SMILES string of the molecule is CCCN(NC(=O)c1ccccc1)C1CCOCC1. The Kier molecular flexibility index (Phi) is 5.36. The number of nitrogens with one attached hydrogen (secondary N) is 1. The van der Waals surface area contributed by atoms with Gasteiger partial charge in [-0.25, -0.2) is 5.01 Å². The summed E-state index contributed by atoms with van der Waals surface area (Å²) in [6.07, 6.45) is 2.98. The zero-order valence-electron chi connectivity index (χ0n) is 11.5. The smallest absolute Gasteiger partial charge is 0.265 e. The molecule has 4 nitrogen and oxygen atoms in total. The van der Waals surface area contributed by atoms with Crippen LogP contribution in [-0.2, 0) is 4.74 Å². The van der Waals surface area contributed by atoms with Crippen molar-refractivity contribution in [2.75, 3.05) is 19.8 Å². The van der Waals surface area contributed by atoms with Gasteiger partial charge in [-0.2, -0.15) is 0 Å². The van der Waals surface area contributed by atoms with Crippen LogP contribution in [0.15, 0.2) is 30.3 Å². The minimum atomic E-state index is -0.0273. The summed E-state index contributed by atoms with van der Waals surface area (Å²) in [6, 6.07) is 9.74. The van der Waals surface area contributed by atoms with Crippen LogP contribution in [0, 0.1) is 0 Å². The summed E-state index contributed by atoms with van der Waals surface area (Å²) in [6.45, 7) is 4.57. The Morgan fingerprint density at radius 2 is 2.00 bits per heavy atom. The molecule has 0 unspecified atom stereocenters. The van der Waals surface area contributed by atoms with E-state index in [4.69, 9.17) is 4.74 Å². The molecule has 1 aliphatic rings. The predicted octanol–water partition coefficient (Wildman–Crippen LogP) is 2.22. The van der Waals surface area contributed by atoms with Crippen molar-refractivity contribution in [3.05, 3.63) is 35.9 Å². The minimum Gasteiger partial charge on any atom is -0.381 e. The Hall–Kier alpha value is -1.39. The zero-order valence-corrected chi connectivity index (χ0v) is 11.5. The maximum absolute atomic E-state index is 12.2. The third-order valence-electron chi connectivity index (χ3n) is 3.38. The lowest BCUT2D eigenvalue weighted by molar-refractivity contribution is 0.0124. The first-order valence-electron chi connectivity index (χ1n) is 7.01. The van der Waals surface area contributed by atoms with Crippen LogP contribution < -0.4 is 5.43 Å². The van der Waals surface area contributed by atoms with Gasteiger partial charge in [0.1, 0.15) is 0 Å². The van der Waals surface area contributed by atoms with Crippen molar-refractivity contribution in [1.82, 2.24) is 10.4 Å². The van der Waals surface area contributed by atoms with Crippen molar-refractivity contribution in [1.29, 1.82) is 0 Å². The average Bonchev–Trinajstić information content (AvgIpc) is 2.48. The lowest BCUT2D eigenvalue weighted by Crippen LogP contribution is -2.50. The molecule has 0 atom stereocenters. The highest BCUT2D eigenvalue weighted by Gasteiger charge is 2.22. The maximum Gasteiger partial charge on any atom is 0.265 e. The van der Waals surface area contributed by atoms with Crippen molar-refractivity contribution in [2.24, 2.45) is 0 Å². The molecule has 0 radical (unpaired) electrons. The van der Waals surface area contributed by atoms with Gasteiger partial charge in [-0.1, -0.05) is 25.1 Å². The van der Waals surface area contributed by atoms with E-state index in [1.165, 1.54) is 0 Å². The van der Waals surface area contributed by atoms with Crippen molar-refractivity contribution < 1.29 is 9.53 Å². The first kappa shape index (κ1) is 14.0. The summed E-state index contributed by atoms with van der Waals surface area (Å²) in [5.74, 6) is -0.0273. The third-order valence-corrected chi connectivity index (χ3v) is 3.38. The second-order valence-electron chi connectivity index (χ2n) is 4.84. The van der Waals surface area contributed by atoms with E-state index in [0.29, 0.717) is 11.6 Å². The van der Waals surface area contributed by atoms with Crippen LogP contribution in [0.4, 0.5) is 0 Å². The summed E-state index contributed by atoms with van der Waals surface area (Å²) >= 11 is 0. The van der Waals surface area contributed by atoms with Crippen LogP contribution >= 0.6 is 0 Å². The van der Waals surface area contributed by atoms with Crippen molar-refractivity contribution in [3.8, 4) is 0 Å². The number of hydrazine groups is 1. The first-order valence-corrected chi connectivity index (χ1v) is 7.01. The van der Waals surface area contributed by atoms with E-state index in [0.717, 1.165) is 39.0 Å². The number of rotatable bonds is 5. The summed E-state index contributed by atoms with van der Waals surface area (Å²) in [7, 11) is 0. The van der Waals surface area contributed by atoms with Gasteiger partial charge in [-0.15, -0.1) is 0 Å². The van der Waals surface area contributed by atoms with Crippen LogP contribution in [-0.4, -0.2) is 36.7 Å². The highest BCUT2D eigenvalue weighted by atomic mass is 16.5. The molecule has 2 rings (SSSR count). The third kappa shape index (κ3) is 4.04. The van der Waals surface area contributed by atoms with Crippen molar-refractivity contribution >= 4 is 5.91 Å². The van der Waals surface area contributed by atoms with Gasteiger partial charge in [0.2, 0.25) is 0 Å². The molecule has 1 aliphatic heterocycles. The Morgan fingerprint density at radius 1 is 1.32 bits per heavy atom. The molecule has 1 aromatic carbocycles. The summed E-state index contributed by atoms with van der Waals surface area (Å²) in [5, 5.41) is 2.08. The Labute approximate surface area is 114 Å². The van der Waals surface area contributed by atoms with Crippen LogP contribution in [0.3, 0.4) is 0 Å². The highest BCUT2D eigenvalue weighted by Crippen LogP contribution is 2.13. The number of nitrogens with zero attached hydrogens (tertiary/aromatic N) is 1. The molecular weight excluding hydrogens is 240 g/mol. The number of hydrogen-bond acceptors (Lipinski definition) is 3. The Morgan fingerprint density at radius 3 is 2.63 bits per heavy atom. The average molecular weight is 262 g/mol. The Bertz CT molecular complexity index is 388. The van der Waals surface area contributed by atoms with Gasteiger partial charge in [0.25, 0.3) is 5.91 Å². The van der Waals surface area contributed by atoms with Gasteiger partial charge in [0, 0.05) is 31.4 Å². The molecule has 104 valence electrons. The molecule has 0 bridgehead atoms. The van der Waals surface area contributed by atoms with Crippen LogP contribution in [0.2, 0.25) is 0 Å². The van der Waals surface area contributed by atoms with E-state index in [1.54, 1.807) is 0 Å². The van der Waals surface area contributed by atoms with Gasteiger partial charge in [0.05, 0.1) is 0 Å². The van der Waals surface area contributed by atoms with Crippen LogP contribution in [0.1, 0.15) is 36.5 Å². The fraction of sp³-hybridized carbons (Fsp3) is 0.533. The molecule has 1 fully saturated rings. The first-order chi connectivity index (χ1) is 9.31. The Balaban J connectivity index is 1.97. The van der Waals surface area contributed by atoms with E-state index in [9.17, 15) is 4.79 Å². The van der Waals surface area contributed by atoms with Gasteiger partial charge >= 0.3 is 0 Å². The molecule has 19 heavy (non-hydrogen) atoms. The second-order valence-corrected chi connectivity index (χ2v) is 4.84. The van der Waals surface area contributed by atoms with Crippen molar-refractivity contribution in [3.63, 3.8) is 0 Å². The van der Waals surface area contributed by atoms with E-state index >= 15 is 0 Å². The highest BCUT2D eigenvalue weighted by molar-refractivity contribution is 5.93. The molecular formula is C15H22N2O2. The van der Waals surface area contributed by atoms with E-state index in [1.807, 2.05) is 30.3 Å². The van der Waals surface area contributed by atoms with Crippen LogP contribution in [0.25, 0.3) is 0 Å². The fourth-order valence-corrected chi connectivity index (χ4v) is 2.35. The normalized spacial score (nSPS) is 16.5. The number of amides is 1.